The first-order valence-corrected chi connectivity index (χ1v) is 6.40. The molecule has 0 radical (unpaired) electrons. The third kappa shape index (κ3) is 4.37. The average molecular weight is 263 g/mol. The maximum Gasteiger partial charge on any atom is 0.251 e. The predicted molar refractivity (Wildman–Crippen MR) is 75.9 cm³/mol. The van der Waals surface area contributed by atoms with Gasteiger partial charge < -0.3 is 16.4 Å². The summed E-state index contributed by atoms with van der Waals surface area (Å²) < 4.78 is 0. The number of rotatable bonds is 5. The van der Waals surface area contributed by atoms with E-state index in [4.69, 9.17) is 5.73 Å². The lowest BCUT2D eigenvalue weighted by atomic mass is 10.0. The summed E-state index contributed by atoms with van der Waals surface area (Å²) in [7, 11) is 0. The van der Waals surface area contributed by atoms with Crippen LogP contribution in [-0.4, -0.2) is 24.4 Å². The number of nitrogens with one attached hydrogen (secondary N) is 2. The van der Waals surface area contributed by atoms with Crippen LogP contribution in [0.15, 0.2) is 24.3 Å². The average Bonchev–Trinajstić information content (AvgIpc) is 2.38. The summed E-state index contributed by atoms with van der Waals surface area (Å²) in [5, 5.41) is 5.48. The maximum atomic E-state index is 11.8. The first-order chi connectivity index (χ1) is 8.95. The molecule has 104 valence electrons. The normalized spacial score (nSPS) is 13.5. The molecule has 0 aliphatic carbocycles. The van der Waals surface area contributed by atoms with Crippen LogP contribution < -0.4 is 16.4 Å². The molecule has 2 atom stereocenters. The molecule has 0 saturated heterocycles. The van der Waals surface area contributed by atoms with E-state index in [1.807, 2.05) is 6.92 Å². The highest BCUT2D eigenvalue weighted by atomic mass is 16.2. The van der Waals surface area contributed by atoms with Gasteiger partial charge in [0.05, 0.1) is 5.92 Å². The molecule has 4 N–H and O–H groups in total. The standard InChI is InChI=1S/C14H21N3O2/c1-4-16-14(19)11-5-7-12(8-6-11)17-13(18)9(2)10(3)15/h5-10H,4,15H2,1-3H3,(H,16,19)(H,17,18). The molecule has 0 bridgehead atoms. The zero-order valence-electron chi connectivity index (χ0n) is 11.6. The van der Waals surface area contributed by atoms with Crippen LogP contribution in [0.3, 0.4) is 0 Å². The van der Waals surface area contributed by atoms with Gasteiger partial charge in [-0.25, -0.2) is 0 Å². The van der Waals surface area contributed by atoms with Crippen LogP contribution in [0.4, 0.5) is 5.69 Å². The van der Waals surface area contributed by atoms with Gasteiger partial charge in [-0.2, -0.15) is 0 Å². The quantitative estimate of drug-likeness (QED) is 0.750. The molecular weight excluding hydrogens is 242 g/mol. The molecule has 0 spiro atoms. The van der Waals surface area contributed by atoms with Crippen LogP contribution in [0.1, 0.15) is 31.1 Å². The van der Waals surface area contributed by atoms with E-state index in [1.54, 1.807) is 38.1 Å². The fourth-order valence-corrected chi connectivity index (χ4v) is 1.46. The number of anilines is 1. The van der Waals surface area contributed by atoms with Crippen molar-refractivity contribution >= 4 is 17.5 Å². The summed E-state index contributed by atoms with van der Waals surface area (Å²) in [6, 6.07) is 6.57. The minimum Gasteiger partial charge on any atom is -0.352 e. The first-order valence-electron chi connectivity index (χ1n) is 6.40. The number of hydrogen-bond acceptors (Lipinski definition) is 3. The van der Waals surface area contributed by atoms with Gasteiger partial charge in [-0.05, 0) is 38.1 Å². The van der Waals surface area contributed by atoms with E-state index in [0.29, 0.717) is 17.8 Å². The topological polar surface area (TPSA) is 84.2 Å². The van der Waals surface area contributed by atoms with Gasteiger partial charge in [-0.3, -0.25) is 9.59 Å². The number of hydrogen-bond donors (Lipinski definition) is 3. The lowest BCUT2D eigenvalue weighted by Gasteiger charge is -2.15. The van der Waals surface area contributed by atoms with Crippen LogP contribution in [0.25, 0.3) is 0 Å². The van der Waals surface area contributed by atoms with Crippen LogP contribution in [0, 0.1) is 5.92 Å². The van der Waals surface area contributed by atoms with E-state index in [0.717, 1.165) is 0 Å². The Balaban J connectivity index is 2.67. The van der Waals surface area contributed by atoms with E-state index in [-0.39, 0.29) is 23.8 Å². The summed E-state index contributed by atoms with van der Waals surface area (Å²) in [6.07, 6.45) is 0. The summed E-state index contributed by atoms with van der Waals surface area (Å²) in [6.45, 7) is 6.02. The number of benzene rings is 1. The number of carbonyl (C=O) groups is 2. The lowest BCUT2D eigenvalue weighted by molar-refractivity contribution is -0.119. The van der Waals surface area contributed by atoms with Gasteiger partial charge in [-0.15, -0.1) is 0 Å². The molecule has 19 heavy (non-hydrogen) atoms. The molecule has 0 heterocycles. The predicted octanol–water partition coefficient (Wildman–Crippen LogP) is 1.36. The summed E-state index contributed by atoms with van der Waals surface area (Å²) in [4.78, 5) is 23.4. The largest absolute Gasteiger partial charge is 0.352 e. The Kier molecular flexibility index (Phi) is 5.51. The molecular formula is C14H21N3O2. The van der Waals surface area contributed by atoms with E-state index < -0.39 is 0 Å². The van der Waals surface area contributed by atoms with Crippen LogP contribution in [0.2, 0.25) is 0 Å². The molecule has 2 unspecified atom stereocenters. The van der Waals surface area contributed by atoms with Gasteiger partial charge in [-0.1, -0.05) is 6.92 Å². The smallest absolute Gasteiger partial charge is 0.251 e. The summed E-state index contributed by atoms with van der Waals surface area (Å²) >= 11 is 0. The Morgan fingerprint density at radius 1 is 1.21 bits per heavy atom. The van der Waals surface area contributed by atoms with Crippen molar-refractivity contribution in [2.75, 3.05) is 11.9 Å². The van der Waals surface area contributed by atoms with E-state index in [9.17, 15) is 9.59 Å². The Bertz CT molecular complexity index is 441. The molecule has 0 aliphatic rings. The monoisotopic (exact) mass is 263 g/mol. The second kappa shape index (κ2) is 6.89. The summed E-state index contributed by atoms with van der Waals surface area (Å²) in [5.74, 6) is -0.506. The Hall–Kier alpha value is -1.88. The minimum atomic E-state index is -0.261. The van der Waals surface area contributed by atoms with Crippen molar-refractivity contribution in [3.63, 3.8) is 0 Å². The number of amides is 2. The van der Waals surface area contributed by atoms with Crippen LogP contribution in [0.5, 0.6) is 0 Å². The van der Waals surface area contributed by atoms with E-state index in [2.05, 4.69) is 10.6 Å². The Morgan fingerprint density at radius 2 is 1.79 bits per heavy atom. The fourth-order valence-electron chi connectivity index (χ4n) is 1.46. The zero-order valence-corrected chi connectivity index (χ0v) is 11.6. The maximum absolute atomic E-state index is 11.8. The van der Waals surface area contributed by atoms with Crippen molar-refractivity contribution in [1.82, 2.24) is 5.32 Å². The van der Waals surface area contributed by atoms with E-state index >= 15 is 0 Å². The number of nitrogens with two attached hydrogens (primary N) is 1. The Labute approximate surface area is 113 Å². The highest BCUT2D eigenvalue weighted by Gasteiger charge is 2.17. The molecule has 1 aromatic carbocycles. The molecule has 0 aliphatic heterocycles. The Morgan fingerprint density at radius 3 is 2.26 bits per heavy atom. The lowest BCUT2D eigenvalue weighted by Crippen LogP contribution is -2.34. The second-order valence-electron chi connectivity index (χ2n) is 4.57. The summed E-state index contributed by atoms with van der Waals surface area (Å²) in [5.41, 5.74) is 6.90. The van der Waals surface area contributed by atoms with Gasteiger partial charge in [0.2, 0.25) is 5.91 Å². The SMILES string of the molecule is CCNC(=O)c1ccc(NC(=O)C(C)C(C)N)cc1. The van der Waals surface area contributed by atoms with Crippen molar-refractivity contribution in [2.24, 2.45) is 11.7 Å². The molecule has 2 amide bonds. The molecule has 1 rings (SSSR count). The second-order valence-corrected chi connectivity index (χ2v) is 4.57. The molecule has 1 aromatic rings. The van der Waals surface area contributed by atoms with Crippen molar-refractivity contribution in [1.29, 1.82) is 0 Å². The van der Waals surface area contributed by atoms with Crippen LogP contribution in [-0.2, 0) is 4.79 Å². The van der Waals surface area contributed by atoms with Gasteiger partial charge in [0.1, 0.15) is 0 Å². The van der Waals surface area contributed by atoms with E-state index in [1.165, 1.54) is 0 Å². The van der Waals surface area contributed by atoms with Gasteiger partial charge in [0, 0.05) is 23.8 Å². The molecule has 0 fully saturated rings. The van der Waals surface area contributed by atoms with Gasteiger partial charge in [0.15, 0.2) is 0 Å². The van der Waals surface area contributed by atoms with Crippen molar-refractivity contribution < 1.29 is 9.59 Å². The van der Waals surface area contributed by atoms with Gasteiger partial charge in [0.25, 0.3) is 5.91 Å². The highest BCUT2D eigenvalue weighted by molar-refractivity contribution is 5.96. The number of carbonyl (C=O) groups excluding carboxylic acids is 2. The molecule has 5 nitrogen and oxygen atoms in total. The molecule has 0 saturated carbocycles. The zero-order chi connectivity index (χ0) is 14.4. The third-order valence-corrected chi connectivity index (χ3v) is 2.95. The van der Waals surface area contributed by atoms with Gasteiger partial charge >= 0.3 is 0 Å². The van der Waals surface area contributed by atoms with Crippen molar-refractivity contribution in [3.05, 3.63) is 29.8 Å². The van der Waals surface area contributed by atoms with Crippen molar-refractivity contribution in [3.8, 4) is 0 Å². The highest BCUT2D eigenvalue weighted by Crippen LogP contribution is 2.12. The van der Waals surface area contributed by atoms with Crippen LogP contribution >= 0.6 is 0 Å². The third-order valence-electron chi connectivity index (χ3n) is 2.95. The first kappa shape index (κ1) is 15.2. The minimum absolute atomic E-state index is 0.121. The molecule has 0 aromatic heterocycles. The van der Waals surface area contributed by atoms with Crippen molar-refractivity contribution in [2.45, 2.75) is 26.8 Å². The molecule has 5 heteroatoms. The fraction of sp³-hybridized carbons (Fsp3) is 0.429.